The van der Waals surface area contributed by atoms with Crippen molar-refractivity contribution in [2.75, 3.05) is 30.8 Å². The summed E-state index contributed by atoms with van der Waals surface area (Å²) in [6, 6.07) is -0.265. The molecule has 0 radical (unpaired) electrons. The van der Waals surface area contributed by atoms with E-state index in [-0.39, 0.29) is 11.9 Å². The molecule has 1 fully saturated rings. The Labute approximate surface area is 126 Å². The summed E-state index contributed by atoms with van der Waals surface area (Å²) < 4.78 is 0. The summed E-state index contributed by atoms with van der Waals surface area (Å²) in [5, 5.41) is 6.36. The van der Waals surface area contributed by atoms with Crippen LogP contribution in [0.25, 0.3) is 0 Å². The molecule has 1 aliphatic heterocycles. The van der Waals surface area contributed by atoms with Gasteiger partial charge in [0, 0.05) is 25.7 Å². The molecular weight excluding hydrogens is 266 g/mol. The molecule has 1 saturated heterocycles. The molecule has 2 heterocycles. The first-order valence-electron chi connectivity index (χ1n) is 7.74. The third-order valence-electron chi connectivity index (χ3n) is 3.82. The van der Waals surface area contributed by atoms with Gasteiger partial charge in [0.25, 0.3) is 0 Å². The van der Waals surface area contributed by atoms with E-state index in [4.69, 9.17) is 0 Å². The van der Waals surface area contributed by atoms with Gasteiger partial charge >= 0.3 is 0 Å². The zero-order chi connectivity index (χ0) is 15.2. The van der Waals surface area contributed by atoms with Crippen molar-refractivity contribution in [1.82, 2.24) is 14.9 Å². The summed E-state index contributed by atoms with van der Waals surface area (Å²) in [7, 11) is 1.85. The third-order valence-corrected chi connectivity index (χ3v) is 3.82. The van der Waals surface area contributed by atoms with Crippen molar-refractivity contribution >= 4 is 17.5 Å². The van der Waals surface area contributed by atoms with Gasteiger partial charge in [0.2, 0.25) is 5.91 Å². The number of hydrogen-bond acceptors (Lipinski definition) is 5. The van der Waals surface area contributed by atoms with E-state index < -0.39 is 0 Å². The number of carbonyl (C=O) groups is 1. The van der Waals surface area contributed by atoms with Crippen molar-refractivity contribution in [3.05, 3.63) is 11.9 Å². The average molecular weight is 291 g/mol. The molecule has 2 N–H and O–H groups in total. The highest BCUT2D eigenvalue weighted by atomic mass is 16.2. The van der Waals surface area contributed by atoms with E-state index in [9.17, 15) is 4.79 Å². The minimum absolute atomic E-state index is 0.152. The van der Waals surface area contributed by atoms with Gasteiger partial charge in [-0.15, -0.1) is 0 Å². The summed E-state index contributed by atoms with van der Waals surface area (Å²) in [5.41, 5.74) is 1.04. The van der Waals surface area contributed by atoms with E-state index in [2.05, 4.69) is 27.5 Å². The fourth-order valence-corrected chi connectivity index (χ4v) is 2.72. The zero-order valence-electron chi connectivity index (χ0n) is 13.1. The van der Waals surface area contributed by atoms with Crippen LogP contribution in [0.5, 0.6) is 0 Å². The first kappa shape index (κ1) is 15.5. The number of nitrogens with one attached hydrogen (secondary N) is 2. The van der Waals surface area contributed by atoms with Crippen LogP contribution in [0.4, 0.5) is 11.6 Å². The number of anilines is 2. The molecule has 0 aliphatic carbocycles. The minimum Gasteiger partial charge on any atom is -0.373 e. The number of hydrogen-bond donors (Lipinski definition) is 2. The van der Waals surface area contributed by atoms with Crippen LogP contribution >= 0.6 is 0 Å². The van der Waals surface area contributed by atoms with E-state index in [1.54, 1.807) is 0 Å². The van der Waals surface area contributed by atoms with Crippen molar-refractivity contribution in [3.63, 3.8) is 0 Å². The number of carbonyl (C=O) groups excluding carboxylic acids is 1. The van der Waals surface area contributed by atoms with Gasteiger partial charge in [0.1, 0.15) is 24.0 Å². The Hall–Kier alpha value is -1.85. The average Bonchev–Trinajstić information content (AvgIpc) is 3.02. The lowest BCUT2D eigenvalue weighted by Gasteiger charge is -2.22. The SMILES string of the molecule is CCCc1c(NC)ncnc1NC(C)C(=O)N1CCCC1. The summed E-state index contributed by atoms with van der Waals surface area (Å²) in [5.74, 6) is 1.74. The van der Waals surface area contributed by atoms with Crippen LogP contribution in [0.1, 0.15) is 38.7 Å². The monoisotopic (exact) mass is 291 g/mol. The topological polar surface area (TPSA) is 70.1 Å². The van der Waals surface area contributed by atoms with E-state index >= 15 is 0 Å². The Morgan fingerprint density at radius 3 is 2.62 bits per heavy atom. The van der Waals surface area contributed by atoms with Crippen LogP contribution < -0.4 is 10.6 Å². The second-order valence-electron chi connectivity index (χ2n) is 5.45. The van der Waals surface area contributed by atoms with Crippen LogP contribution in [0.15, 0.2) is 6.33 Å². The highest BCUT2D eigenvalue weighted by Gasteiger charge is 2.24. The number of amides is 1. The van der Waals surface area contributed by atoms with Gasteiger partial charge < -0.3 is 15.5 Å². The quantitative estimate of drug-likeness (QED) is 0.837. The predicted molar refractivity (Wildman–Crippen MR) is 84.5 cm³/mol. The molecule has 21 heavy (non-hydrogen) atoms. The number of aromatic nitrogens is 2. The molecule has 1 atom stereocenters. The summed E-state index contributed by atoms with van der Waals surface area (Å²) >= 11 is 0. The molecule has 116 valence electrons. The van der Waals surface area contributed by atoms with E-state index in [1.165, 1.54) is 6.33 Å². The fraction of sp³-hybridized carbons (Fsp3) is 0.667. The maximum absolute atomic E-state index is 12.4. The van der Waals surface area contributed by atoms with Crippen LogP contribution in [0.3, 0.4) is 0 Å². The standard InChI is InChI=1S/C15H25N5O/c1-4-7-12-13(16-3)17-10-18-14(12)19-11(2)15(21)20-8-5-6-9-20/h10-11H,4-9H2,1-3H3,(H2,16,17,18,19). The van der Waals surface area contributed by atoms with Crippen molar-refractivity contribution in [2.45, 2.75) is 45.6 Å². The van der Waals surface area contributed by atoms with Crippen LogP contribution in [-0.4, -0.2) is 47.0 Å². The van der Waals surface area contributed by atoms with E-state index in [0.29, 0.717) is 0 Å². The Balaban J connectivity index is 2.12. The molecule has 1 unspecified atom stereocenters. The maximum Gasteiger partial charge on any atom is 0.244 e. The second kappa shape index (κ2) is 7.24. The Morgan fingerprint density at radius 1 is 1.33 bits per heavy atom. The van der Waals surface area contributed by atoms with Gasteiger partial charge in [-0.2, -0.15) is 0 Å². The molecule has 0 saturated carbocycles. The van der Waals surface area contributed by atoms with Crippen LogP contribution in [-0.2, 0) is 11.2 Å². The van der Waals surface area contributed by atoms with Crippen molar-refractivity contribution in [1.29, 1.82) is 0 Å². The molecular formula is C15H25N5O. The Kier molecular flexibility index (Phi) is 5.36. The number of rotatable bonds is 6. The molecule has 1 aromatic heterocycles. The Morgan fingerprint density at radius 2 is 2.00 bits per heavy atom. The second-order valence-corrected chi connectivity index (χ2v) is 5.45. The molecule has 1 aromatic rings. The van der Waals surface area contributed by atoms with Crippen molar-refractivity contribution in [3.8, 4) is 0 Å². The maximum atomic E-state index is 12.4. The largest absolute Gasteiger partial charge is 0.373 e. The highest BCUT2D eigenvalue weighted by Crippen LogP contribution is 2.22. The molecule has 6 heteroatoms. The van der Waals surface area contributed by atoms with Crippen molar-refractivity contribution < 1.29 is 4.79 Å². The van der Waals surface area contributed by atoms with Gasteiger partial charge in [-0.05, 0) is 26.2 Å². The third kappa shape index (κ3) is 3.62. The highest BCUT2D eigenvalue weighted by molar-refractivity contribution is 5.84. The summed E-state index contributed by atoms with van der Waals surface area (Å²) in [4.78, 5) is 22.9. The van der Waals surface area contributed by atoms with Gasteiger partial charge in [-0.3, -0.25) is 4.79 Å². The van der Waals surface area contributed by atoms with E-state index in [0.717, 1.165) is 56.0 Å². The first-order valence-corrected chi connectivity index (χ1v) is 7.74. The number of likely N-dealkylation sites (tertiary alicyclic amines) is 1. The fourth-order valence-electron chi connectivity index (χ4n) is 2.72. The van der Waals surface area contributed by atoms with Gasteiger partial charge in [-0.1, -0.05) is 13.3 Å². The molecule has 0 aromatic carbocycles. The van der Waals surface area contributed by atoms with Gasteiger partial charge in [0.15, 0.2) is 0 Å². The van der Waals surface area contributed by atoms with Gasteiger partial charge in [0.05, 0.1) is 0 Å². The molecule has 0 bridgehead atoms. The normalized spacial score (nSPS) is 15.9. The number of nitrogens with zero attached hydrogens (tertiary/aromatic N) is 3. The minimum atomic E-state index is -0.265. The summed E-state index contributed by atoms with van der Waals surface area (Å²) in [6.07, 6.45) is 5.63. The smallest absolute Gasteiger partial charge is 0.244 e. The lowest BCUT2D eigenvalue weighted by Crippen LogP contribution is -2.40. The molecule has 0 spiro atoms. The Bertz CT molecular complexity index is 485. The first-order chi connectivity index (χ1) is 10.2. The van der Waals surface area contributed by atoms with Crippen LogP contribution in [0.2, 0.25) is 0 Å². The van der Waals surface area contributed by atoms with Crippen LogP contribution in [0, 0.1) is 0 Å². The van der Waals surface area contributed by atoms with E-state index in [1.807, 2.05) is 18.9 Å². The zero-order valence-corrected chi connectivity index (χ0v) is 13.1. The lowest BCUT2D eigenvalue weighted by atomic mass is 10.1. The molecule has 1 aliphatic rings. The molecule has 6 nitrogen and oxygen atoms in total. The lowest BCUT2D eigenvalue weighted by molar-refractivity contribution is -0.130. The van der Waals surface area contributed by atoms with Crippen molar-refractivity contribution in [2.24, 2.45) is 0 Å². The predicted octanol–water partition coefficient (Wildman–Crippen LogP) is 1.89. The van der Waals surface area contributed by atoms with Gasteiger partial charge in [-0.25, -0.2) is 9.97 Å². The molecule has 2 rings (SSSR count). The summed E-state index contributed by atoms with van der Waals surface area (Å²) in [6.45, 7) is 5.77. The molecule has 1 amide bonds.